The number of carbonyl (C=O) groups excluding carboxylic acids is 1. The topological polar surface area (TPSA) is 35.5 Å². The molecule has 0 aromatic carbocycles. The summed E-state index contributed by atoms with van der Waals surface area (Å²) in [4.78, 5) is 13.1. The van der Waals surface area contributed by atoms with E-state index in [0.717, 1.165) is 4.88 Å². The fourth-order valence-corrected chi connectivity index (χ4v) is 2.20. The van der Waals surface area contributed by atoms with Crippen LogP contribution in [0, 0.1) is 0 Å². The molecule has 1 heterocycles. The molecule has 0 spiro atoms. The van der Waals surface area contributed by atoms with Crippen LogP contribution in [-0.2, 0) is 4.74 Å². The second kappa shape index (κ2) is 5.16. The van der Waals surface area contributed by atoms with Gasteiger partial charge in [-0.05, 0) is 18.9 Å². The van der Waals surface area contributed by atoms with Gasteiger partial charge >= 0.3 is 5.97 Å². The molecule has 4 heteroatoms. The first-order valence-corrected chi connectivity index (χ1v) is 5.76. The van der Waals surface area contributed by atoms with Crippen molar-refractivity contribution in [1.82, 2.24) is 0 Å². The zero-order valence-electron chi connectivity index (χ0n) is 9.49. The van der Waals surface area contributed by atoms with Crippen molar-refractivity contribution < 1.29 is 14.3 Å². The van der Waals surface area contributed by atoms with Crippen molar-refractivity contribution in [1.29, 1.82) is 0 Å². The number of esters is 1. The van der Waals surface area contributed by atoms with E-state index < -0.39 is 0 Å². The Morgan fingerprint density at radius 3 is 2.67 bits per heavy atom. The first-order chi connectivity index (χ1) is 7.10. The third kappa shape index (κ3) is 2.72. The second-order valence-electron chi connectivity index (χ2n) is 3.42. The van der Waals surface area contributed by atoms with Crippen molar-refractivity contribution in [2.24, 2.45) is 0 Å². The van der Waals surface area contributed by atoms with E-state index in [1.54, 1.807) is 0 Å². The van der Waals surface area contributed by atoms with Gasteiger partial charge in [0.2, 0.25) is 0 Å². The largest absolute Gasteiger partial charge is 0.492 e. The van der Waals surface area contributed by atoms with Crippen LogP contribution in [0.25, 0.3) is 0 Å². The van der Waals surface area contributed by atoms with Crippen molar-refractivity contribution in [3.05, 3.63) is 15.8 Å². The van der Waals surface area contributed by atoms with Crippen molar-refractivity contribution in [3.8, 4) is 5.75 Å². The van der Waals surface area contributed by atoms with Gasteiger partial charge in [-0.2, -0.15) is 0 Å². The van der Waals surface area contributed by atoms with Crippen LogP contribution in [0.1, 0.15) is 41.2 Å². The summed E-state index contributed by atoms with van der Waals surface area (Å²) >= 11 is 1.44. The van der Waals surface area contributed by atoms with Crippen LogP contribution in [0.2, 0.25) is 0 Å². The highest BCUT2D eigenvalue weighted by Gasteiger charge is 2.19. The Morgan fingerprint density at radius 2 is 2.20 bits per heavy atom. The summed E-state index contributed by atoms with van der Waals surface area (Å²) in [5.41, 5.74) is 0. The van der Waals surface area contributed by atoms with Gasteiger partial charge in [-0.15, -0.1) is 11.3 Å². The summed E-state index contributed by atoms with van der Waals surface area (Å²) in [5, 5.41) is 0. The number of ether oxygens (including phenoxy) is 2. The van der Waals surface area contributed by atoms with Gasteiger partial charge in [-0.25, -0.2) is 4.79 Å². The minimum atomic E-state index is -0.324. The number of carbonyl (C=O) groups is 1. The van der Waals surface area contributed by atoms with E-state index in [-0.39, 0.29) is 5.97 Å². The van der Waals surface area contributed by atoms with Crippen LogP contribution in [0.5, 0.6) is 5.75 Å². The minimum absolute atomic E-state index is 0.324. The van der Waals surface area contributed by atoms with Crippen molar-refractivity contribution in [2.75, 3.05) is 13.7 Å². The average molecular weight is 228 g/mol. The highest BCUT2D eigenvalue weighted by molar-refractivity contribution is 7.14. The summed E-state index contributed by atoms with van der Waals surface area (Å²) in [6.07, 6.45) is 0. The molecular weight excluding hydrogens is 212 g/mol. The van der Waals surface area contributed by atoms with Crippen LogP contribution in [0.15, 0.2) is 6.07 Å². The minimum Gasteiger partial charge on any atom is -0.492 e. The number of hydrogen-bond donors (Lipinski definition) is 0. The maximum Gasteiger partial charge on any atom is 0.351 e. The molecule has 3 nitrogen and oxygen atoms in total. The molecule has 0 saturated carbocycles. The lowest BCUT2D eigenvalue weighted by atomic mass is 10.2. The monoisotopic (exact) mass is 228 g/mol. The zero-order valence-corrected chi connectivity index (χ0v) is 10.3. The van der Waals surface area contributed by atoms with Gasteiger partial charge in [0.25, 0.3) is 0 Å². The Balaban J connectivity index is 3.05. The Hall–Kier alpha value is -1.03. The fourth-order valence-electron chi connectivity index (χ4n) is 1.17. The van der Waals surface area contributed by atoms with Crippen molar-refractivity contribution in [2.45, 2.75) is 26.7 Å². The smallest absolute Gasteiger partial charge is 0.351 e. The molecule has 0 bridgehead atoms. The molecule has 1 aromatic rings. The Kier molecular flexibility index (Phi) is 4.15. The number of rotatable bonds is 4. The number of hydrogen-bond acceptors (Lipinski definition) is 4. The molecule has 15 heavy (non-hydrogen) atoms. The van der Waals surface area contributed by atoms with E-state index in [2.05, 4.69) is 13.8 Å². The van der Waals surface area contributed by atoms with Gasteiger partial charge in [-0.3, -0.25) is 0 Å². The van der Waals surface area contributed by atoms with Crippen LogP contribution >= 0.6 is 11.3 Å². The fraction of sp³-hybridized carbons (Fsp3) is 0.545. The van der Waals surface area contributed by atoms with E-state index in [1.807, 2.05) is 13.0 Å². The first kappa shape index (κ1) is 12.0. The Bertz CT molecular complexity index is 342. The number of methoxy groups -OCH3 is 1. The lowest BCUT2D eigenvalue weighted by Gasteiger charge is -2.01. The predicted octanol–water partition coefficient (Wildman–Crippen LogP) is 3.06. The standard InChI is InChI=1S/C11H16O3S/c1-5-14-8-6-9(7(2)3)15-10(8)11(12)13-4/h6-7H,5H2,1-4H3. The summed E-state index contributed by atoms with van der Waals surface area (Å²) in [6, 6.07) is 1.92. The van der Waals surface area contributed by atoms with Gasteiger partial charge in [0.15, 0.2) is 4.88 Å². The maximum atomic E-state index is 11.5. The molecule has 0 saturated heterocycles. The molecule has 0 unspecified atom stereocenters. The molecule has 0 N–H and O–H groups in total. The maximum absolute atomic E-state index is 11.5. The zero-order chi connectivity index (χ0) is 11.4. The molecule has 84 valence electrons. The van der Waals surface area contributed by atoms with Crippen LogP contribution in [0.3, 0.4) is 0 Å². The molecule has 0 aliphatic heterocycles. The normalized spacial score (nSPS) is 10.5. The quantitative estimate of drug-likeness (QED) is 0.743. The molecule has 0 aliphatic rings. The molecule has 0 radical (unpaired) electrons. The molecule has 0 atom stereocenters. The van der Waals surface area contributed by atoms with Gasteiger partial charge in [-0.1, -0.05) is 13.8 Å². The highest BCUT2D eigenvalue weighted by Crippen LogP contribution is 2.34. The van der Waals surface area contributed by atoms with Crippen molar-refractivity contribution in [3.63, 3.8) is 0 Å². The molecule has 1 rings (SSSR count). The highest BCUT2D eigenvalue weighted by atomic mass is 32.1. The van der Waals surface area contributed by atoms with E-state index in [1.165, 1.54) is 18.4 Å². The molecule has 0 fully saturated rings. The van der Waals surface area contributed by atoms with Crippen LogP contribution in [-0.4, -0.2) is 19.7 Å². The predicted molar refractivity (Wildman–Crippen MR) is 60.9 cm³/mol. The second-order valence-corrected chi connectivity index (χ2v) is 4.51. The third-order valence-electron chi connectivity index (χ3n) is 1.96. The first-order valence-electron chi connectivity index (χ1n) is 4.95. The summed E-state index contributed by atoms with van der Waals surface area (Å²) in [6.45, 7) is 6.62. The van der Waals surface area contributed by atoms with E-state index in [0.29, 0.717) is 23.2 Å². The summed E-state index contributed by atoms with van der Waals surface area (Å²) in [7, 11) is 1.38. The molecular formula is C11H16O3S. The Labute approximate surface area is 94.0 Å². The molecule has 0 amide bonds. The third-order valence-corrected chi connectivity index (χ3v) is 3.35. The van der Waals surface area contributed by atoms with E-state index in [4.69, 9.17) is 9.47 Å². The SMILES string of the molecule is CCOc1cc(C(C)C)sc1C(=O)OC. The van der Waals surface area contributed by atoms with Crippen molar-refractivity contribution >= 4 is 17.3 Å². The lowest BCUT2D eigenvalue weighted by molar-refractivity contribution is 0.0602. The van der Waals surface area contributed by atoms with E-state index >= 15 is 0 Å². The molecule has 0 aliphatic carbocycles. The van der Waals surface area contributed by atoms with Crippen LogP contribution in [0.4, 0.5) is 0 Å². The summed E-state index contributed by atoms with van der Waals surface area (Å²) in [5.74, 6) is 0.709. The Morgan fingerprint density at radius 1 is 1.53 bits per heavy atom. The van der Waals surface area contributed by atoms with Gasteiger partial charge in [0.05, 0.1) is 13.7 Å². The van der Waals surface area contributed by atoms with Gasteiger partial charge in [0, 0.05) is 4.88 Å². The van der Waals surface area contributed by atoms with Crippen LogP contribution < -0.4 is 4.74 Å². The van der Waals surface area contributed by atoms with Gasteiger partial charge < -0.3 is 9.47 Å². The average Bonchev–Trinajstić information content (AvgIpc) is 2.61. The van der Waals surface area contributed by atoms with Gasteiger partial charge in [0.1, 0.15) is 5.75 Å². The lowest BCUT2D eigenvalue weighted by Crippen LogP contribution is -2.01. The molecule has 1 aromatic heterocycles. The van der Waals surface area contributed by atoms with E-state index in [9.17, 15) is 4.79 Å². The number of thiophene rings is 1. The summed E-state index contributed by atoms with van der Waals surface area (Å²) < 4.78 is 10.1.